The van der Waals surface area contributed by atoms with Crippen LogP contribution in [0.4, 0.5) is 4.39 Å². The van der Waals surface area contributed by atoms with Gasteiger partial charge in [-0.3, -0.25) is 9.59 Å². The minimum Gasteiger partial charge on any atom is -0.348 e. The lowest BCUT2D eigenvalue weighted by Gasteiger charge is -2.55. The monoisotopic (exact) mass is 438 g/mol. The molecule has 0 radical (unpaired) electrons. The Bertz CT molecular complexity index is 994. The van der Waals surface area contributed by atoms with Crippen molar-refractivity contribution in [2.45, 2.75) is 58.4 Å². The van der Waals surface area contributed by atoms with Gasteiger partial charge in [-0.25, -0.2) is 9.07 Å². The highest BCUT2D eigenvalue weighted by atomic mass is 19.1. The molecule has 0 saturated heterocycles. The highest BCUT2D eigenvalue weighted by Gasteiger charge is 2.54. The Balaban J connectivity index is 1.18. The van der Waals surface area contributed by atoms with E-state index in [0.29, 0.717) is 17.8 Å². The summed E-state index contributed by atoms with van der Waals surface area (Å²) in [4.78, 5) is 25.7. The molecule has 0 spiro atoms. The van der Waals surface area contributed by atoms with E-state index in [9.17, 15) is 14.0 Å². The number of carbonyl (C=O) groups excluding carboxylic acids is 2. The molecule has 2 aromatic rings. The van der Waals surface area contributed by atoms with Crippen LogP contribution in [-0.4, -0.2) is 28.1 Å². The zero-order valence-corrected chi connectivity index (χ0v) is 18.7. The number of halogens is 1. The molecule has 6 rings (SSSR count). The Morgan fingerprint density at radius 1 is 1.12 bits per heavy atom. The molecule has 170 valence electrons. The summed E-state index contributed by atoms with van der Waals surface area (Å²) < 4.78 is 14.9. The third-order valence-electron chi connectivity index (χ3n) is 7.89. The van der Waals surface area contributed by atoms with Crippen molar-refractivity contribution in [1.29, 1.82) is 0 Å². The van der Waals surface area contributed by atoms with Gasteiger partial charge in [-0.2, -0.15) is 5.10 Å². The summed E-state index contributed by atoms with van der Waals surface area (Å²) in [6.45, 7) is 3.82. The highest BCUT2D eigenvalue weighted by Crippen LogP contribution is 2.60. The van der Waals surface area contributed by atoms with Crippen molar-refractivity contribution in [3.63, 3.8) is 0 Å². The predicted molar refractivity (Wildman–Crippen MR) is 118 cm³/mol. The molecule has 2 N–H and O–H groups in total. The molecule has 0 aliphatic heterocycles. The van der Waals surface area contributed by atoms with Crippen LogP contribution in [0.3, 0.4) is 0 Å². The van der Waals surface area contributed by atoms with Gasteiger partial charge in [-0.15, -0.1) is 0 Å². The van der Waals surface area contributed by atoms with Gasteiger partial charge in [0.15, 0.2) is 0 Å². The third kappa shape index (κ3) is 3.82. The zero-order valence-electron chi connectivity index (χ0n) is 18.7. The molecule has 1 aromatic heterocycles. The van der Waals surface area contributed by atoms with Crippen LogP contribution in [0.1, 0.15) is 62.7 Å². The molecule has 2 amide bonds. The summed E-state index contributed by atoms with van der Waals surface area (Å²) in [6.07, 6.45) is 8.55. The van der Waals surface area contributed by atoms with Gasteiger partial charge in [0, 0.05) is 16.7 Å². The largest absolute Gasteiger partial charge is 0.348 e. The minimum atomic E-state index is -0.296. The second-order valence-corrected chi connectivity index (χ2v) is 10.2. The van der Waals surface area contributed by atoms with E-state index in [1.165, 1.54) is 31.4 Å². The van der Waals surface area contributed by atoms with Crippen molar-refractivity contribution in [1.82, 2.24) is 20.4 Å². The molecule has 4 saturated carbocycles. The van der Waals surface area contributed by atoms with E-state index in [0.717, 1.165) is 36.2 Å². The lowest BCUT2D eigenvalue weighted by molar-refractivity contribution is -0.147. The van der Waals surface area contributed by atoms with Crippen LogP contribution in [0, 0.1) is 35.9 Å². The average molecular weight is 439 g/mol. The van der Waals surface area contributed by atoms with Crippen molar-refractivity contribution >= 4 is 11.8 Å². The second-order valence-electron chi connectivity index (χ2n) is 10.2. The summed E-state index contributed by atoms with van der Waals surface area (Å²) in [5, 5.41) is 10.3. The van der Waals surface area contributed by atoms with Crippen LogP contribution in [0.25, 0.3) is 5.69 Å². The van der Waals surface area contributed by atoms with Gasteiger partial charge in [0.05, 0.1) is 24.5 Å². The van der Waals surface area contributed by atoms with Crippen molar-refractivity contribution in [2.24, 2.45) is 23.2 Å². The van der Waals surface area contributed by atoms with Crippen molar-refractivity contribution in [2.75, 3.05) is 6.54 Å². The molecule has 6 nitrogen and oxygen atoms in total. The first kappa shape index (κ1) is 21.2. The molecule has 4 bridgehead atoms. The normalized spacial score (nSPS) is 29.0. The quantitative estimate of drug-likeness (QED) is 0.720. The fourth-order valence-electron chi connectivity index (χ4n) is 6.80. The first-order valence-corrected chi connectivity index (χ1v) is 11.7. The Labute approximate surface area is 188 Å². The van der Waals surface area contributed by atoms with Gasteiger partial charge < -0.3 is 10.6 Å². The number of hydrogen-bond acceptors (Lipinski definition) is 3. The average Bonchev–Trinajstić information content (AvgIpc) is 3.13. The number of rotatable bonds is 6. The maximum Gasteiger partial charge on any atom is 0.239 e. The Morgan fingerprint density at radius 3 is 2.31 bits per heavy atom. The fourth-order valence-corrected chi connectivity index (χ4v) is 6.80. The molecular weight excluding hydrogens is 407 g/mol. The lowest BCUT2D eigenvalue weighted by atomic mass is 9.49. The van der Waals surface area contributed by atoms with Gasteiger partial charge in [0.1, 0.15) is 5.82 Å². The maximum atomic E-state index is 13.2. The van der Waals surface area contributed by atoms with Crippen LogP contribution in [-0.2, 0) is 9.59 Å². The number of nitrogens with zero attached hydrogens (tertiary/aromatic N) is 2. The molecule has 32 heavy (non-hydrogen) atoms. The van der Waals surface area contributed by atoms with E-state index in [1.807, 2.05) is 13.8 Å². The molecule has 1 unspecified atom stereocenters. The molecule has 4 aliphatic rings. The molecule has 4 fully saturated rings. The van der Waals surface area contributed by atoms with E-state index < -0.39 is 0 Å². The SMILES string of the molecule is Cc1c(C(C)NC(=O)CNC(=O)C23CC4CC(CC(C4)C2)C3)cnn1-c1ccc(F)cc1. The van der Waals surface area contributed by atoms with Gasteiger partial charge in [0.2, 0.25) is 11.8 Å². The van der Waals surface area contributed by atoms with Crippen LogP contribution in [0.15, 0.2) is 30.5 Å². The zero-order chi connectivity index (χ0) is 22.5. The summed E-state index contributed by atoms with van der Waals surface area (Å²) in [5.41, 5.74) is 2.28. The number of benzene rings is 1. The Morgan fingerprint density at radius 2 is 1.72 bits per heavy atom. The van der Waals surface area contributed by atoms with Crippen molar-refractivity contribution in [3.05, 3.63) is 47.5 Å². The van der Waals surface area contributed by atoms with E-state index in [4.69, 9.17) is 0 Å². The topological polar surface area (TPSA) is 76.0 Å². The predicted octanol–water partition coefficient (Wildman–Crippen LogP) is 3.83. The molecular formula is C25H31FN4O2. The van der Waals surface area contributed by atoms with E-state index in [-0.39, 0.29) is 35.6 Å². The van der Waals surface area contributed by atoms with E-state index in [2.05, 4.69) is 15.7 Å². The molecule has 1 heterocycles. The first-order chi connectivity index (χ1) is 15.3. The van der Waals surface area contributed by atoms with Crippen molar-refractivity contribution in [3.8, 4) is 5.69 Å². The second kappa shape index (κ2) is 8.01. The molecule has 1 aromatic carbocycles. The van der Waals surface area contributed by atoms with Crippen LogP contribution >= 0.6 is 0 Å². The van der Waals surface area contributed by atoms with Crippen molar-refractivity contribution < 1.29 is 14.0 Å². The number of amides is 2. The molecule has 1 atom stereocenters. The summed E-state index contributed by atoms with van der Waals surface area (Å²) in [7, 11) is 0. The first-order valence-electron chi connectivity index (χ1n) is 11.7. The van der Waals surface area contributed by atoms with Crippen LogP contribution in [0.5, 0.6) is 0 Å². The number of carbonyl (C=O) groups is 2. The number of aromatic nitrogens is 2. The smallest absolute Gasteiger partial charge is 0.239 e. The fraction of sp³-hybridized carbons (Fsp3) is 0.560. The number of nitrogens with one attached hydrogen (secondary N) is 2. The van der Waals surface area contributed by atoms with Gasteiger partial charge in [-0.05, 0) is 94.4 Å². The lowest BCUT2D eigenvalue weighted by Crippen LogP contribution is -2.54. The van der Waals surface area contributed by atoms with Gasteiger partial charge in [0.25, 0.3) is 0 Å². The Hall–Kier alpha value is -2.70. The number of hydrogen-bond donors (Lipinski definition) is 2. The summed E-state index contributed by atoms with van der Waals surface area (Å²) in [5.74, 6) is 1.66. The third-order valence-corrected chi connectivity index (χ3v) is 7.89. The molecule has 4 aliphatic carbocycles. The highest BCUT2D eigenvalue weighted by molar-refractivity contribution is 5.88. The maximum absolute atomic E-state index is 13.2. The van der Waals surface area contributed by atoms with E-state index >= 15 is 0 Å². The molecule has 7 heteroatoms. The van der Waals surface area contributed by atoms with Crippen LogP contribution < -0.4 is 10.6 Å². The van der Waals surface area contributed by atoms with Crippen LogP contribution in [0.2, 0.25) is 0 Å². The standard InChI is InChI=1S/C25H31FN4O2/c1-15(22-13-28-30(16(22)2)21-5-3-20(26)4-6-21)29-23(31)14-27-24(32)25-10-17-7-18(11-25)9-19(8-17)12-25/h3-6,13,15,17-19H,7-12,14H2,1-2H3,(H,27,32)(H,29,31). The van der Waals surface area contributed by atoms with E-state index in [1.54, 1.807) is 23.0 Å². The minimum absolute atomic E-state index is 0.00390. The van der Waals surface area contributed by atoms with Gasteiger partial charge in [-0.1, -0.05) is 0 Å². The Kier molecular flexibility index (Phi) is 5.30. The van der Waals surface area contributed by atoms with Gasteiger partial charge >= 0.3 is 0 Å². The summed E-state index contributed by atoms with van der Waals surface area (Å²) >= 11 is 0. The summed E-state index contributed by atoms with van der Waals surface area (Å²) in [6, 6.07) is 5.87.